The molecule has 0 aliphatic carbocycles. The largest absolute Gasteiger partial charge is 0.459 e. The summed E-state index contributed by atoms with van der Waals surface area (Å²) in [6, 6.07) is -0.155. The number of hydrogen-bond donors (Lipinski definition) is 2. The number of hydrogen-bond acceptors (Lipinski definition) is 11. The SMILES string of the molecule is CC(=O)O[C@@H](C)/C=C\C(=O)N[C@@H]1C[C@H](C)[C@H](C/C=C(C)/C=C/[C@@H]2C[C@]3(CO3)C[C@@H](CC(=O)NCCOCCOCCC(=O)Oc3c(F)c(F)c(F)c(F)c3F)O2)O[C@@H]1C. The predicted molar refractivity (Wildman–Crippen MR) is 200 cm³/mol. The van der Waals surface area contributed by atoms with Gasteiger partial charge in [-0.25, -0.2) is 13.2 Å². The van der Waals surface area contributed by atoms with Crippen LogP contribution < -0.4 is 15.4 Å². The maximum Gasteiger partial charge on any atom is 0.313 e. The number of allylic oxidation sites excluding steroid dienone is 2. The number of benzene rings is 1. The smallest absolute Gasteiger partial charge is 0.313 e. The van der Waals surface area contributed by atoms with Crippen LogP contribution in [0.15, 0.2) is 36.0 Å². The van der Waals surface area contributed by atoms with Gasteiger partial charge in [-0.2, -0.15) is 8.78 Å². The van der Waals surface area contributed by atoms with Gasteiger partial charge in [0.25, 0.3) is 0 Å². The van der Waals surface area contributed by atoms with Crippen LogP contribution in [0.2, 0.25) is 0 Å². The third kappa shape index (κ3) is 15.1. The molecule has 0 unspecified atom stereocenters. The van der Waals surface area contributed by atoms with Crippen molar-refractivity contribution in [1.29, 1.82) is 0 Å². The number of carbonyl (C=O) groups excluding carboxylic acids is 4. The molecular formula is C41H53F5N2O11. The van der Waals surface area contributed by atoms with Gasteiger partial charge in [0.2, 0.25) is 46.6 Å². The van der Waals surface area contributed by atoms with E-state index in [1.807, 2.05) is 26.0 Å². The Morgan fingerprint density at radius 2 is 1.56 bits per heavy atom. The van der Waals surface area contributed by atoms with Crippen LogP contribution >= 0.6 is 0 Å². The monoisotopic (exact) mass is 844 g/mol. The highest BCUT2D eigenvalue weighted by Crippen LogP contribution is 2.43. The summed E-state index contributed by atoms with van der Waals surface area (Å²) in [6.45, 7) is 9.83. The molecule has 59 heavy (non-hydrogen) atoms. The zero-order valence-electron chi connectivity index (χ0n) is 33.8. The fraction of sp³-hybridized carbons (Fsp3) is 0.610. The van der Waals surface area contributed by atoms with E-state index in [0.717, 1.165) is 12.0 Å². The molecule has 0 aromatic heterocycles. The highest BCUT2D eigenvalue weighted by molar-refractivity contribution is 5.87. The lowest BCUT2D eigenvalue weighted by Crippen LogP contribution is -2.50. The molecule has 3 saturated heterocycles. The quantitative estimate of drug-likeness (QED) is 0.0204. The summed E-state index contributed by atoms with van der Waals surface area (Å²) >= 11 is 0. The second-order valence-corrected chi connectivity index (χ2v) is 15.0. The molecule has 2 N–H and O–H groups in total. The third-order valence-corrected chi connectivity index (χ3v) is 9.94. The van der Waals surface area contributed by atoms with Crippen molar-refractivity contribution < 1.29 is 74.3 Å². The van der Waals surface area contributed by atoms with Crippen molar-refractivity contribution in [3.63, 3.8) is 0 Å². The summed E-state index contributed by atoms with van der Waals surface area (Å²) in [6.07, 6.45) is 10.0. The van der Waals surface area contributed by atoms with E-state index in [2.05, 4.69) is 28.4 Å². The summed E-state index contributed by atoms with van der Waals surface area (Å²) < 4.78 is 105. The Bertz CT molecular complexity index is 1710. The molecule has 1 aromatic rings. The van der Waals surface area contributed by atoms with Crippen molar-refractivity contribution in [2.45, 2.75) is 115 Å². The van der Waals surface area contributed by atoms with Gasteiger partial charge >= 0.3 is 11.9 Å². The van der Waals surface area contributed by atoms with Crippen LogP contribution in [0.25, 0.3) is 0 Å². The molecular weight excluding hydrogens is 791 g/mol. The van der Waals surface area contributed by atoms with Crippen molar-refractivity contribution in [1.82, 2.24) is 10.6 Å². The molecule has 3 fully saturated rings. The Morgan fingerprint density at radius 1 is 0.898 bits per heavy atom. The minimum Gasteiger partial charge on any atom is -0.459 e. The van der Waals surface area contributed by atoms with Gasteiger partial charge in [-0.3, -0.25) is 19.2 Å². The predicted octanol–water partition coefficient (Wildman–Crippen LogP) is 5.23. The first-order chi connectivity index (χ1) is 28.0. The second kappa shape index (κ2) is 22.4. The summed E-state index contributed by atoms with van der Waals surface area (Å²) in [5, 5.41) is 5.77. The molecule has 0 radical (unpaired) electrons. The zero-order chi connectivity index (χ0) is 43.3. The van der Waals surface area contributed by atoms with Crippen molar-refractivity contribution in [3.8, 4) is 5.75 Å². The number of ether oxygens (including phenoxy) is 7. The van der Waals surface area contributed by atoms with Gasteiger partial charge in [-0.15, -0.1) is 0 Å². The molecule has 3 aliphatic rings. The van der Waals surface area contributed by atoms with Crippen molar-refractivity contribution in [2.75, 3.05) is 39.6 Å². The number of epoxide rings is 1. The van der Waals surface area contributed by atoms with E-state index in [-0.39, 0.29) is 93.2 Å². The molecule has 0 bridgehead atoms. The summed E-state index contributed by atoms with van der Waals surface area (Å²) in [5.74, 6) is -15.0. The molecule has 3 heterocycles. The fourth-order valence-corrected chi connectivity index (χ4v) is 6.73. The van der Waals surface area contributed by atoms with Crippen LogP contribution in [0.3, 0.4) is 0 Å². The lowest BCUT2D eigenvalue weighted by atomic mass is 9.88. The molecule has 2 amide bonds. The molecule has 1 aromatic carbocycles. The third-order valence-electron chi connectivity index (χ3n) is 9.94. The van der Waals surface area contributed by atoms with Crippen molar-refractivity contribution >= 4 is 23.8 Å². The Hall–Kier alpha value is -4.23. The van der Waals surface area contributed by atoms with Crippen molar-refractivity contribution in [2.24, 2.45) is 5.92 Å². The van der Waals surface area contributed by atoms with E-state index < -0.39 is 59.3 Å². The number of nitrogens with one attached hydrogen (secondary N) is 2. The van der Waals surface area contributed by atoms with Gasteiger partial charge in [-0.1, -0.05) is 30.7 Å². The lowest BCUT2D eigenvalue weighted by molar-refractivity contribution is -0.143. The van der Waals surface area contributed by atoms with Crippen LogP contribution in [0, 0.1) is 35.0 Å². The van der Waals surface area contributed by atoms with Gasteiger partial charge in [0.15, 0.2) is 0 Å². The number of rotatable bonds is 20. The number of carbonyl (C=O) groups is 4. The van der Waals surface area contributed by atoms with Gasteiger partial charge in [0, 0.05) is 32.4 Å². The average molecular weight is 845 g/mol. The summed E-state index contributed by atoms with van der Waals surface area (Å²) in [5.41, 5.74) is 0.729. The highest BCUT2D eigenvalue weighted by atomic mass is 19.2. The van der Waals surface area contributed by atoms with Crippen LogP contribution in [0.4, 0.5) is 22.0 Å². The van der Waals surface area contributed by atoms with E-state index in [1.54, 1.807) is 6.92 Å². The first-order valence-electron chi connectivity index (χ1n) is 19.6. The molecule has 0 saturated carbocycles. The molecule has 328 valence electrons. The maximum atomic E-state index is 13.7. The first kappa shape index (κ1) is 47.4. The fourth-order valence-electron chi connectivity index (χ4n) is 6.73. The Labute approximate surface area is 339 Å². The first-order valence-corrected chi connectivity index (χ1v) is 19.6. The number of esters is 2. The number of amides is 2. The van der Waals surface area contributed by atoms with Gasteiger partial charge in [-0.05, 0) is 45.6 Å². The van der Waals surface area contributed by atoms with E-state index in [9.17, 15) is 41.1 Å². The normalized spacial score (nSPS) is 26.2. The zero-order valence-corrected chi connectivity index (χ0v) is 33.8. The van der Waals surface area contributed by atoms with E-state index >= 15 is 0 Å². The minimum atomic E-state index is -2.37. The van der Waals surface area contributed by atoms with Crippen LogP contribution in [-0.4, -0.2) is 105 Å². The molecule has 4 rings (SSSR count). The second-order valence-electron chi connectivity index (χ2n) is 15.0. The van der Waals surface area contributed by atoms with E-state index in [0.29, 0.717) is 25.9 Å². The number of halogens is 5. The molecule has 13 nitrogen and oxygen atoms in total. The Balaban J connectivity index is 1.09. The Morgan fingerprint density at radius 3 is 2.22 bits per heavy atom. The standard InChI is InChI=1S/C41H53F5N2O11/c1-23(7-10-31-24(2)18-30(26(4)57-31)48-32(50)11-8-25(3)56-27(5)49)6-9-28-20-41(22-55-41)21-29(58-28)19-33(51)47-13-15-54-17-16-53-14-12-34(52)59-40-38(45)36(43)35(42)37(44)39(40)46/h6-9,11,24-26,28-31H,10,12-22H2,1-5H3,(H,47,51)(H,48,50)/b9-6+,11-8-,23-7+/t24-,25-,26+,28+,29+,30+,31-,41+/m0/s1. The van der Waals surface area contributed by atoms with Gasteiger partial charge < -0.3 is 43.8 Å². The minimum absolute atomic E-state index is 0.0140. The summed E-state index contributed by atoms with van der Waals surface area (Å²) in [7, 11) is 0. The summed E-state index contributed by atoms with van der Waals surface area (Å²) in [4.78, 5) is 48.0. The van der Waals surface area contributed by atoms with Crippen LogP contribution in [0.1, 0.15) is 73.1 Å². The molecule has 3 aliphatic heterocycles. The van der Waals surface area contributed by atoms with E-state index in [4.69, 9.17) is 28.4 Å². The van der Waals surface area contributed by atoms with Crippen molar-refractivity contribution in [3.05, 3.63) is 65.0 Å². The maximum absolute atomic E-state index is 13.7. The van der Waals surface area contributed by atoms with Crippen LogP contribution in [0.5, 0.6) is 5.75 Å². The average Bonchev–Trinajstić information content (AvgIpc) is 3.92. The molecule has 8 atom stereocenters. The van der Waals surface area contributed by atoms with Gasteiger partial charge in [0.1, 0.15) is 6.10 Å². The Kier molecular flexibility index (Phi) is 18.0. The topological polar surface area (TPSA) is 160 Å². The van der Waals surface area contributed by atoms with Crippen LogP contribution in [-0.2, 0) is 47.6 Å². The highest BCUT2D eigenvalue weighted by Gasteiger charge is 2.51. The van der Waals surface area contributed by atoms with E-state index in [1.165, 1.54) is 19.1 Å². The molecule has 1 spiro atoms. The lowest BCUT2D eigenvalue weighted by Gasteiger charge is -2.39. The van der Waals surface area contributed by atoms with Gasteiger partial charge in [0.05, 0.1) is 81.9 Å². The molecule has 18 heteroatoms.